The van der Waals surface area contributed by atoms with E-state index in [1.54, 1.807) is 6.07 Å². The minimum atomic E-state index is -0.294. The van der Waals surface area contributed by atoms with Crippen molar-refractivity contribution < 1.29 is 4.39 Å². The highest BCUT2D eigenvalue weighted by molar-refractivity contribution is 5.80. The Morgan fingerprint density at radius 2 is 2.21 bits per heavy atom. The van der Waals surface area contributed by atoms with E-state index in [1.807, 2.05) is 19.1 Å². The van der Waals surface area contributed by atoms with Crippen LogP contribution < -0.4 is 5.73 Å². The number of pyridine rings is 1. The molecule has 2 N–H and O–H groups in total. The molecule has 3 heteroatoms. The number of nitrogens with zero attached hydrogens (tertiary/aromatic N) is 1. The fourth-order valence-corrected chi connectivity index (χ4v) is 1.51. The summed E-state index contributed by atoms with van der Waals surface area (Å²) in [5, 5.41) is 0.819. The van der Waals surface area contributed by atoms with E-state index in [-0.39, 0.29) is 5.82 Å². The second-order valence-electron chi connectivity index (χ2n) is 3.27. The van der Waals surface area contributed by atoms with Crippen LogP contribution in [-0.2, 0) is 6.54 Å². The average Bonchev–Trinajstić information content (AvgIpc) is 2.17. The summed E-state index contributed by atoms with van der Waals surface area (Å²) in [7, 11) is 0. The molecule has 72 valence electrons. The number of nitrogens with two attached hydrogens (primary N) is 1. The van der Waals surface area contributed by atoms with Crippen LogP contribution in [-0.4, -0.2) is 4.98 Å². The lowest BCUT2D eigenvalue weighted by atomic mass is 10.1. The van der Waals surface area contributed by atoms with Crippen LogP contribution in [0.4, 0.5) is 4.39 Å². The molecule has 0 saturated heterocycles. The van der Waals surface area contributed by atoms with Crippen LogP contribution in [0.15, 0.2) is 24.3 Å². The van der Waals surface area contributed by atoms with Gasteiger partial charge in [-0.25, -0.2) is 9.37 Å². The molecule has 0 radical (unpaired) electrons. The topological polar surface area (TPSA) is 38.9 Å². The number of rotatable bonds is 1. The van der Waals surface area contributed by atoms with Crippen LogP contribution >= 0.6 is 0 Å². The highest BCUT2D eigenvalue weighted by Gasteiger charge is 2.05. The molecule has 0 aliphatic heterocycles. The Balaban J connectivity index is 2.80. The van der Waals surface area contributed by atoms with Crippen molar-refractivity contribution in [2.24, 2.45) is 5.73 Å². The minimum absolute atomic E-state index is 0.294. The van der Waals surface area contributed by atoms with Gasteiger partial charge in [0.2, 0.25) is 0 Å². The lowest BCUT2D eigenvalue weighted by Crippen LogP contribution is -2.03. The van der Waals surface area contributed by atoms with Gasteiger partial charge < -0.3 is 5.73 Å². The molecular formula is C11H11FN2. The Kier molecular flexibility index (Phi) is 2.17. The average molecular weight is 190 g/mol. The number of hydrogen-bond donors (Lipinski definition) is 1. The molecule has 2 aromatic rings. The Morgan fingerprint density at radius 3 is 2.93 bits per heavy atom. The van der Waals surface area contributed by atoms with E-state index >= 15 is 0 Å². The molecule has 0 aliphatic carbocycles. The number of hydrogen-bond acceptors (Lipinski definition) is 2. The fourth-order valence-electron chi connectivity index (χ4n) is 1.51. The van der Waals surface area contributed by atoms with E-state index in [4.69, 9.17) is 5.73 Å². The molecule has 0 bridgehead atoms. The van der Waals surface area contributed by atoms with Crippen LogP contribution in [0.1, 0.15) is 11.3 Å². The predicted octanol–water partition coefficient (Wildman–Crippen LogP) is 2.14. The Bertz CT molecular complexity index is 480. The van der Waals surface area contributed by atoms with Crippen molar-refractivity contribution >= 4 is 10.9 Å². The quantitative estimate of drug-likeness (QED) is 0.748. The fraction of sp³-hybridized carbons (Fsp3) is 0.182. The van der Waals surface area contributed by atoms with Gasteiger partial charge in [-0.2, -0.15) is 0 Å². The van der Waals surface area contributed by atoms with Gasteiger partial charge >= 0.3 is 0 Å². The van der Waals surface area contributed by atoms with Crippen LogP contribution in [0.5, 0.6) is 0 Å². The lowest BCUT2D eigenvalue weighted by molar-refractivity contribution is 0.636. The summed E-state index contributed by atoms with van der Waals surface area (Å²) >= 11 is 0. The number of halogens is 1. The van der Waals surface area contributed by atoms with Gasteiger partial charge in [-0.3, -0.25) is 0 Å². The maximum absolute atomic E-state index is 13.3. The number of aryl methyl sites for hydroxylation is 1. The normalized spacial score (nSPS) is 10.8. The van der Waals surface area contributed by atoms with Crippen molar-refractivity contribution in [3.8, 4) is 0 Å². The van der Waals surface area contributed by atoms with Gasteiger partial charge in [0.05, 0.1) is 5.69 Å². The molecule has 1 aromatic heterocycles. The molecule has 14 heavy (non-hydrogen) atoms. The van der Waals surface area contributed by atoms with E-state index in [0.29, 0.717) is 12.1 Å². The van der Waals surface area contributed by atoms with E-state index < -0.39 is 0 Å². The molecular weight excluding hydrogens is 179 g/mol. The van der Waals surface area contributed by atoms with Crippen molar-refractivity contribution in [3.63, 3.8) is 0 Å². The SMILES string of the molecule is Cc1cc2cccc(F)c2nc1CN. The molecule has 1 aromatic carbocycles. The van der Waals surface area contributed by atoms with Gasteiger partial charge in [0.25, 0.3) is 0 Å². The highest BCUT2D eigenvalue weighted by atomic mass is 19.1. The van der Waals surface area contributed by atoms with Crippen LogP contribution in [0.25, 0.3) is 10.9 Å². The number of fused-ring (bicyclic) bond motifs is 1. The van der Waals surface area contributed by atoms with Crippen LogP contribution in [0, 0.1) is 12.7 Å². The number of aromatic nitrogens is 1. The van der Waals surface area contributed by atoms with Gasteiger partial charge in [-0.05, 0) is 24.6 Å². The zero-order chi connectivity index (χ0) is 10.1. The Morgan fingerprint density at radius 1 is 1.43 bits per heavy atom. The Hall–Kier alpha value is -1.48. The van der Waals surface area contributed by atoms with E-state index in [2.05, 4.69) is 4.98 Å². The summed E-state index contributed by atoms with van der Waals surface area (Å²) in [4.78, 5) is 4.19. The summed E-state index contributed by atoms with van der Waals surface area (Å²) in [6.45, 7) is 2.27. The van der Waals surface area contributed by atoms with E-state index in [9.17, 15) is 4.39 Å². The molecule has 2 nitrogen and oxygen atoms in total. The van der Waals surface area contributed by atoms with Crippen molar-refractivity contribution in [2.75, 3.05) is 0 Å². The molecule has 2 rings (SSSR count). The van der Waals surface area contributed by atoms with Crippen molar-refractivity contribution in [2.45, 2.75) is 13.5 Å². The maximum Gasteiger partial charge on any atom is 0.149 e. The number of para-hydroxylation sites is 1. The summed E-state index contributed by atoms with van der Waals surface area (Å²) in [6, 6.07) is 6.85. The summed E-state index contributed by atoms with van der Waals surface area (Å²) in [5.41, 5.74) is 7.67. The van der Waals surface area contributed by atoms with Crippen molar-refractivity contribution in [1.29, 1.82) is 0 Å². The third kappa shape index (κ3) is 1.36. The second kappa shape index (κ2) is 3.35. The molecule has 0 atom stereocenters. The maximum atomic E-state index is 13.3. The van der Waals surface area contributed by atoms with Crippen molar-refractivity contribution in [3.05, 3.63) is 41.3 Å². The van der Waals surface area contributed by atoms with Gasteiger partial charge in [0.1, 0.15) is 11.3 Å². The molecule has 0 amide bonds. The molecule has 0 aliphatic rings. The summed E-state index contributed by atoms with van der Waals surface area (Å²) in [6.07, 6.45) is 0. The monoisotopic (exact) mass is 190 g/mol. The molecule has 0 spiro atoms. The first-order valence-corrected chi connectivity index (χ1v) is 4.47. The standard InChI is InChI=1S/C11H11FN2/c1-7-5-8-3-2-4-9(12)11(8)14-10(7)6-13/h2-5H,6,13H2,1H3. The van der Waals surface area contributed by atoms with Gasteiger partial charge in [0.15, 0.2) is 0 Å². The minimum Gasteiger partial charge on any atom is -0.325 e. The smallest absolute Gasteiger partial charge is 0.149 e. The zero-order valence-electron chi connectivity index (χ0n) is 7.92. The van der Waals surface area contributed by atoms with Crippen molar-refractivity contribution in [1.82, 2.24) is 4.98 Å². The first kappa shape index (κ1) is 9.09. The lowest BCUT2D eigenvalue weighted by Gasteiger charge is -2.05. The van der Waals surface area contributed by atoms with Gasteiger partial charge in [-0.15, -0.1) is 0 Å². The molecule has 0 saturated carbocycles. The summed E-state index contributed by atoms with van der Waals surface area (Å²) in [5.74, 6) is -0.294. The highest BCUT2D eigenvalue weighted by Crippen LogP contribution is 2.18. The molecule has 0 fully saturated rings. The predicted molar refractivity (Wildman–Crippen MR) is 54.3 cm³/mol. The first-order valence-electron chi connectivity index (χ1n) is 4.47. The molecule has 1 heterocycles. The van der Waals surface area contributed by atoms with Gasteiger partial charge in [0, 0.05) is 11.9 Å². The third-order valence-corrected chi connectivity index (χ3v) is 2.29. The third-order valence-electron chi connectivity index (χ3n) is 2.29. The molecule has 0 unspecified atom stereocenters. The second-order valence-corrected chi connectivity index (χ2v) is 3.27. The Labute approximate surface area is 81.6 Å². The number of benzene rings is 1. The van der Waals surface area contributed by atoms with E-state index in [1.165, 1.54) is 6.07 Å². The van der Waals surface area contributed by atoms with Gasteiger partial charge in [-0.1, -0.05) is 12.1 Å². The van der Waals surface area contributed by atoms with Crippen LogP contribution in [0.3, 0.4) is 0 Å². The first-order chi connectivity index (χ1) is 6.72. The van der Waals surface area contributed by atoms with Crippen LogP contribution in [0.2, 0.25) is 0 Å². The summed E-state index contributed by atoms with van der Waals surface area (Å²) < 4.78 is 13.3. The zero-order valence-corrected chi connectivity index (χ0v) is 7.92. The van der Waals surface area contributed by atoms with E-state index in [0.717, 1.165) is 16.6 Å². The largest absolute Gasteiger partial charge is 0.325 e.